The average Bonchev–Trinajstić information content (AvgIpc) is 3.12. The van der Waals surface area contributed by atoms with Gasteiger partial charge in [0.25, 0.3) is 0 Å². The molecule has 3 aromatic rings. The first-order chi connectivity index (χ1) is 12.2. The third-order valence-electron chi connectivity index (χ3n) is 4.10. The fraction of sp³-hybridized carbons (Fsp3) is 0.250. The van der Waals surface area contributed by atoms with E-state index in [1.54, 1.807) is 11.3 Å². The number of ether oxygens (including phenoxy) is 2. The second-order valence-corrected chi connectivity index (χ2v) is 6.87. The Labute approximate surface area is 151 Å². The molecule has 0 radical (unpaired) electrons. The van der Waals surface area contributed by atoms with Crippen molar-refractivity contribution in [3.05, 3.63) is 47.8 Å². The molecular weight excluding hydrogens is 332 g/mol. The first kappa shape index (κ1) is 16.0. The van der Waals surface area contributed by atoms with E-state index in [1.807, 2.05) is 37.3 Å². The molecule has 4 nitrogen and oxygen atoms in total. The van der Waals surface area contributed by atoms with Gasteiger partial charge in [0.05, 0.1) is 24.5 Å². The Morgan fingerprint density at radius 1 is 1.20 bits per heavy atom. The topological polar surface area (TPSA) is 43.4 Å². The van der Waals surface area contributed by atoms with Crippen LogP contribution in [0.15, 0.2) is 47.8 Å². The quantitative estimate of drug-likeness (QED) is 0.712. The predicted octanol–water partition coefficient (Wildman–Crippen LogP) is 5.07. The van der Waals surface area contributed by atoms with E-state index < -0.39 is 0 Å². The molecule has 1 N–H and O–H groups in total. The minimum Gasteiger partial charge on any atom is -0.494 e. The lowest BCUT2D eigenvalue weighted by molar-refractivity contribution is 0.226. The lowest BCUT2D eigenvalue weighted by Crippen LogP contribution is -2.27. The molecule has 0 bridgehead atoms. The van der Waals surface area contributed by atoms with Gasteiger partial charge in [0.15, 0.2) is 0 Å². The summed E-state index contributed by atoms with van der Waals surface area (Å²) >= 11 is 1.65. The summed E-state index contributed by atoms with van der Waals surface area (Å²) < 4.78 is 11.3. The molecule has 1 atom stereocenters. The number of anilines is 1. The Hall–Kier alpha value is -2.53. The Balaban J connectivity index is 1.59. The fourth-order valence-electron chi connectivity index (χ4n) is 2.84. The summed E-state index contributed by atoms with van der Waals surface area (Å²) in [5.41, 5.74) is 4.22. The number of fused-ring (bicyclic) bond motifs is 1. The third kappa shape index (κ3) is 3.33. The van der Waals surface area contributed by atoms with Gasteiger partial charge >= 0.3 is 0 Å². The maximum atomic E-state index is 5.84. The maximum Gasteiger partial charge on any atom is 0.142 e. The van der Waals surface area contributed by atoms with Crippen LogP contribution in [0.25, 0.3) is 21.8 Å². The first-order valence-corrected chi connectivity index (χ1v) is 9.34. The van der Waals surface area contributed by atoms with Crippen molar-refractivity contribution in [1.29, 1.82) is 0 Å². The summed E-state index contributed by atoms with van der Waals surface area (Å²) in [6.45, 7) is 5.55. The van der Waals surface area contributed by atoms with Gasteiger partial charge in [-0.05, 0) is 56.3 Å². The number of nitrogens with one attached hydrogen (secondary N) is 1. The Kier molecular flexibility index (Phi) is 4.32. The standard InChI is InChI=1S/C20H20N2O2S/c1-3-23-16-7-4-14(5-8-16)18-12-25-20(22-18)15-6-9-19-17(10-15)21-11-13(2)24-19/h4-10,12-13,21H,3,11H2,1-2H3. The smallest absolute Gasteiger partial charge is 0.142 e. The van der Waals surface area contributed by atoms with Gasteiger partial charge in [-0.3, -0.25) is 0 Å². The van der Waals surface area contributed by atoms with Gasteiger partial charge in [-0.1, -0.05) is 0 Å². The summed E-state index contributed by atoms with van der Waals surface area (Å²) in [4.78, 5) is 4.80. The van der Waals surface area contributed by atoms with E-state index in [0.29, 0.717) is 6.61 Å². The van der Waals surface area contributed by atoms with Gasteiger partial charge in [-0.2, -0.15) is 0 Å². The second kappa shape index (κ2) is 6.76. The van der Waals surface area contributed by atoms with Crippen LogP contribution < -0.4 is 14.8 Å². The van der Waals surface area contributed by atoms with Crippen LogP contribution in [0.2, 0.25) is 0 Å². The minimum atomic E-state index is 0.199. The zero-order chi connectivity index (χ0) is 17.2. The minimum absolute atomic E-state index is 0.199. The molecule has 2 aromatic carbocycles. The second-order valence-electron chi connectivity index (χ2n) is 6.02. The van der Waals surface area contributed by atoms with Gasteiger partial charge in [0, 0.05) is 16.5 Å². The molecule has 1 unspecified atom stereocenters. The van der Waals surface area contributed by atoms with Crippen molar-refractivity contribution in [2.75, 3.05) is 18.5 Å². The van der Waals surface area contributed by atoms with E-state index in [0.717, 1.165) is 45.6 Å². The highest BCUT2D eigenvalue weighted by Crippen LogP contribution is 2.36. The Morgan fingerprint density at radius 3 is 2.80 bits per heavy atom. The largest absolute Gasteiger partial charge is 0.494 e. The Bertz CT molecular complexity index is 874. The molecule has 0 fully saturated rings. The number of hydrogen-bond acceptors (Lipinski definition) is 5. The molecule has 0 spiro atoms. The number of benzene rings is 2. The van der Waals surface area contributed by atoms with Gasteiger partial charge in [0.1, 0.15) is 22.6 Å². The molecule has 1 aliphatic rings. The summed E-state index contributed by atoms with van der Waals surface area (Å²) in [6.07, 6.45) is 0.199. The van der Waals surface area contributed by atoms with Crippen LogP contribution in [0.5, 0.6) is 11.5 Å². The Morgan fingerprint density at radius 2 is 2.00 bits per heavy atom. The number of hydrogen-bond donors (Lipinski definition) is 1. The predicted molar refractivity (Wildman–Crippen MR) is 103 cm³/mol. The lowest BCUT2D eigenvalue weighted by atomic mass is 10.1. The zero-order valence-electron chi connectivity index (χ0n) is 14.3. The monoisotopic (exact) mass is 352 g/mol. The van der Waals surface area contributed by atoms with Gasteiger partial charge < -0.3 is 14.8 Å². The van der Waals surface area contributed by atoms with Crippen molar-refractivity contribution in [2.24, 2.45) is 0 Å². The van der Waals surface area contributed by atoms with Crippen LogP contribution in [0.1, 0.15) is 13.8 Å². The molecule has 0 saturated heterocycles. The van der Waals surface area contributed by atoms with Crippen molar-refractivity contribution in [3.8, 4) is 33.3 Å². The third-order valence-corrected chi connectivity index (χ3v) is 4.99. The van der Waals surface area contributed by atoms with E-state index in [-0.39, 0.29) is 6.10 Å². The van der Waals surface area contributed by atoms with Crippen LogP contribution in [0.4, 0.5) is 5.69 Å². The number of aromatic nitrogens is 1. The molecule has 1 aliphatic heterocycles. The molecule has 0 amide bonds. The van der Waals surface area contributed by atoms with Crippen molar-refractivity contribution in [2.45, 2.75) is 20.0 Å². The van der Waals surface area contributed by atoms with E-state index in [4.69, 9.17) is 14.5 Å². The molecule has 0 saturated carbocycles. The molecule has 5 heteroatoms. The van der Waals surface area contributed by atoms with Gasteiger partial charge in [-0.15, -0.1) is 11.3 Å². The highest BCUT2D eigenvalue weighted by atomic mass is 32.1. The highest BCUT2D eigenvalue weighted by molar-refractivity contribution is 7.13. The average molecular weight is 352 g/mol. The van der Waals surface area contributed by atoms with Crippen LogP contribution in [-0.4, -0.2) is 24.2 Å². The number of nitrogens with zero attached hydrogens (tertiary/aromatic N) is 1. The molecule has 4 rings (SSSR count). The molecular formula is C20H20N2O2S. The van der Waals surface area contributed by atoms with E-state index in [2.05, 4.69) is 29.8 Å². The van der Waals surface area contributed by atoms with Crippen molar-refractivity contribution in [3.63, 3.8) is 0 Å². The summed E-state index contributed by atoms with van der Waals surface area (Å²) in [7, 11) is 0. The SMILES string of the molecule is CCOc1ccc(-c2csc(-c3ccc4c(c3)NCC(C)O4)n2)cc1. The van der Waals surface area contributed by atoms with Crippen LogP contribution >= 0.6 is 11.3 Å². The van der Waals surface area contributed by atoms with Crippen LogP contribution in [-0.2, 0) is 0 Å². The molecule has 0 aliphatic carbocycles. The zero-order valence-corrected chi connectivity index (χ0v) is 15.1. The fourth-order valence-corrected chi connectivity index (χ4v) is 3.67. The van der Waals surface area contributed by atoms with Crippen molar-refractivity contribution < 1.29 is 9.47 Å². The highest BCUT2D eigenvalue weighted by Gasteiger charge is 2.16. The van der Waals surface area contributed by atoms with Crippen LogP contribution in [0.3, 0.4) is 0 Å². The molecule has 128 valence electrons. The normalized spacial score (nSPS) is 15.8. The van der Waals surface area contributed by atoms with Crippen molar-refractivity contribution in [1.82, 2.24) is 4.98 Å². The number of rotatable bonds is 4. The van der Waals surface area contributed by atoms with E-state index in [1.165, 1.54) is 0 Å². The first-order valence-electron chi connectivity index (χ1n) is 8.46. The molecule has 2 heterocycles. The maximum absolute atomic E-state index is 5.84. The summed E-state index contributed by atoms with van der Waals surface area (Å²) in [6, 6.07) is 14.3. The molecule has 1 aromatic heterocycles. The van der Waals surface area contributed by atoms with Gasteiger partial charge in [0.2, 0.25) is 0 Å². The van der Waals surface area contributed by atoms with Gasteiger partial charge in [-0.25, -0.2) is 4.98 Å². The molecule has 25 heavy (non-hydrogen) atoms. The van der Waals surface area contributed by atoms with E-state index >= 15 is 0 Å². The lowest BCUT2D eigenvalue weighted by Gasteiger charge is -2.25. The number of thiazole rings is 1. The van der Waals surface area contributed by atoms with Crippen LogP contribution in [0, 0.1) is 0 Å². The van der Waals surface area contributed by atoms with Crippen molar-refractivity contribution >= 4 is 17.0 Å². The summed E-state index contributed by atoms with van der Waals surface area (Å²) in [5, 5.41) is 6.52. The summed E-state index contributed by atoms with van der Waals surface area (Å²) in [5.74, 6) is 1.79. The van der Waals surface area contributed by atoms with E-state index in [9.17, 15) is 0 Å².